The Hall–Kier alpha value is -0.0700. The van der Waals surface area contributed by atoms with Crippen molar-refractivity contribution in [3.05, 3.63) is 0 Å². The van der Waals surface area contributed by atoms with Crippen molar-refractivity contribution in [2.24, 2.45) is 5.92 Å². The quantitative estimate of drug-likeness (QED) is 0.758. The van der Waals surface area contributed by atoms with Gasteiger partial charge in [0.2, 0.25) is 5.91 Å². The van der Waals surface area contributed by atoms with Crippen molar-refractivity contribution in [2.75, 3.05) is 45.9 Å². The second-order valence-corrected chi connectivity index (χ2v) is 5.71. The number of nitrogens with one attached hydrogen (secondary N) is 2. The molecule has 2 aliphatic heterocycles. The molecule has 2 N–H and O–H groups in total. The Morgan fingerprint density at radius 2 is 2.24 bits per heavy atom. The molecule has 21 heavy (non-hydrogen) atoms. The van der Waals surface area contributed by atoms with E-state index < -0.39 is 0 Å². The van der Waals surface area contributed by atoms with Crippen LogP contribution in [-0.4, -0.2) is 62.8 Å². The van der Waals surface area contributed by atoms with E-state index >= 15 is 0 Å². The number of halogens is 2. The number of ether oxygens (including phenoxy) is 1. The molecule has 2 saturated heterocycles. The molecule has 2 unspecified atom stereocenters. The molecule has 1 amide bonds. The highest BCUT2D eigenvalue weighted by Crippen LogP contribution is 2.13. The smallest absolute Gasteiger partial charge is 0.220 e. The summed E-state index contributed by atoms with van der Waals surface area (Å²) in [6.07, 6.45) is 2.91. The van der Waals surface area contributed by atoms with E-state index in [1.165, 1.54) is 6.42 Å². The maximum Gasteiger partial charge on any atom is 0.220 e. The molecule has 2 fully saturated rings. The number of carbonyl (C=O) groups excluding carboxylic acids is 1. The monoisotopic (exact) mass is 341 g/mol. The van der Waals surface area contributed by atoms with Crippen LogP contribution in [0.25, 0.3) is 0 Å². The zero-order valence-corrected chi connectivity index (χ0v) is 14.4. The number of hydrogen-bond acceptors (Lipinski definition) is 4. The second-order valence-electron chi connectivity index (χ2n) is 5.71. The van der Waals surface area contributed by atoms with Crippen LogP contribution in [0.2, 0.25) is 0 Å². The summed E-state index contributed by atoms with van der Waals surface area (Å²) < 4.78 is 5.40. The standard InChI is InChI=1S/C14H27N3O2.2ClH/c1-12-11-19-9-8-17(12)7-6-16-14(18)3-2-13-4-5-15-10-13;;/h12-13,15H,2-11H2,1H3,(H,16,18);2*1H. The molecule has 2 rings (SSSR count). The molecular weight excluding hydrogens is 313 g/mol. The largest absolute Gasteiger partial charge is 0.379 e. The van der Waals surface area contributed by atoms with Crippen molar-refractivity contribution >= 4 is 30.7 Å². The van der Waals surface area contributed by atoms with Crippen molar-refractivity contribution in [3.63, 3.8) is 0 Å². The van der Waals surface area contributed by atoms with Crippen LogP contribution < -0.4 is 10.6 Å². The van der Waals surface area contributed by atoms with Crippen LogP contribution >= 0.6 is 24.8 Å². The Bertz CT molecular complexity index is 289. The van der Waals surface area contributed by atoms with E-state index in [0.717, 1.165) is 52.4 Å². The van der Waals surface area contributed by atoms with Crippen LogP contribution in [0.5, 0.6) is 0 Å². The van der Waals surface area contributed by atoms with Gasteiger partial charge in [-0.3, -0.25) is 9.69 Å². The zero-order chi connectivity index (χ0) is 13.5. The summed E-state index contributed by atoms with van der Waals surface area (Å²) in [6, 6.07) is 0.468. The van der Waals surface area contributed by atoms with Crippen molar-refractivity contribution in [3.8, 4) is 0 Å². The van der Waals surface area contributed by atoms with Crippen LogP contribution in [0.3, 0.4) is 0 Å². The minimum Gasteiger partial charge on any atom is -0.379 e. The molecule has 0 bridgehead atoms. The van der Waals surface area contributed by atoms with Gasteiger partial charge in [0.1, 0.15) is 0 Å². The first-order chi connectivity index (χ1) is 9.25. The summed E-state index contributed by atoms with van der Waals surface area (Å²) in [5, 5.41) is 6.37. The lowest BCUT2D eigenvalue weighted by molar-refractivity contribution is -0.121. The normalized spacial score (nSPS) is 25.8. The van der Waals surface area contributed by atoms with Crippen molar-refractivity contribution in [2.45, 2.75) is 32.2 Å². The highest BCUT2D eigenvalue weighted by atomic mass is 35.5. The first-order valence-corrected chi connectivity index (χ1v) is 7.55. The van der Waals surface area contributed by atoms with Gasteiger partial charge in [-0.25, -0.2) is 0 Å². The highest BCUT2D eigenvalue weighted by Gasteiger charge is 2.18. The van der Waals surface area contributed by atoms with Crippen molar-refractivity contribution < 1.29 is 9.53 Å². The predicted octanol–water partition coefficient (Wildman–Crippen LogP) is 1.06. The lowest BCUT2D eigenvalue weighted by atomic mass is 10.0. The number of morpholine rings is 1. The Kier molecular flexibility index (Phi) is 11.5. The SMILES string of the molecule is CC1COCCN1CCNC(=O)CCC1CCNC1.Cl.Cl. The molecule has 0 spiro atoms. The average Bonchev–Trinajstić information content (AvgIpc) is 2.92. The van der Waals surface area contributed by atoms with Crippen LogP contribution in [0, 0.1) is 5.92 Å². The van der Waals surface area contributed by atoms with Gasteiger partial charge in [-0.1, -0.05) is 0 Å². The molecule has 0 aliphatic carbocycles. The lowest BCUT2D eigenvalue weighted by Crippen LogP contribution is -2.46. The molecule has 0 aromatic heterocycles. The third-order valence-corrected chi connectivity index (χ3v) is 4.17. The average molecular weight is 342 g/mol. The predicted molar refractivity (Wildman–Crippen MR) is 89.6 cm³/mol. The fourth-order valence-corrected chi connectivity index (χ4v) is 2.82. The Morgan fingerprint density at radius 3 is 2.90 bits per heavy atom. The number of rotatable bonds is 6. The Balaban J connectivity index is 0.00000200. The summed E-state index contributed by atoms with van der Waals surface area (Å²) in [5.41, 5.74) is 0. The van der Waals surface area contributed by atoms with E-state index in [4.69, 9.17) is 4.74 Å². The van der Waals surface area contributed by atoms with E-state index in [0.29, 0.717) is 18.4 Å². The van der Waals surface area contributed by atoms with Gasteiger partial charge in [-0.05, 0) is 38.8 Å². The molecule has 0 aromatic carbocycles. The highest BCUT2D eigenvalue weighted by molar-refractivity contribution is 5.85. The second kappa shape index (κ2) is 11.5. The van der Waals surface area contributed by atoms with Gasteiger partial charge >= 0.3 is 0 Å². The van der Waals surface area contributed by atoms with E-state index in [1.807, 2.05) is 0 Å². The minimum absolute atomic E-state index is 0. The third-order valence-electron chi connectivity index (χ3n) is 4.17. The van der Waals surface area contributed by atoms with Crippen LogP contribution in [0.1, 0.15) is 26.2 Å². The molecule has 0 aromatic rings. The Morgan fingerprint density at radius 1 is 1.43 bits per heavy atom. The first-order valence-electron chi connectivity index (χ1n) is 7.55. The van der Waals surface area contributed by atoms with Gasteiger partial charge in [0.15, 0.2) is 0 Å². The number of carbonyl (C=O) groups is 1. The van der Waals surface area contributed by atoms with Gasteiger partial charge < -0.3 is 15.4 Å². The van der Waals surface area contributed by atoms with E-state index in [1.54, 1.807) is 0 Å². The molecule has 2 atom stereocenters. The van der Waals surface area contributed by atoms with Crippen LogP contribution in [-0.2, 0) is 9.53 Å². The maximum atomic E-state index is 11.7. The zero-order valence-electron chi connectivity index (χ0n) is 12.8. The van der Waals surface area contributed by atoms with Crippen molar-refractivity contribution in [1.82, 2.24) is 15.5 Å². The molecular formula is C14H29Cl2N3O2. The molecule has 126 valence electrons. The van der Waals surface area contributed by atoms with Gasteiger partial charge in [0.25, 0.3) is 0 Å². The lowest BCUT2D eigenvalue weighted by Gasteiger charge is -2.33. The summed E-state index contributed by atoms with van der Waals surface area (Å²) in [7, 11) is 0. The fourth-order valence-electron chi connectivity index (χ4n) is 2.82. The molecule has 2 heterocycles. The molecule has 0 radical (unpaired) electrons. The minimum atomic E-state index is 0. The Labute approximate surface area is 140 Å². The van der Waals surface area contributed by atoms with Gasteiger partial charge in [-0.2, -0.15) is 0 Å². The third kappa shape index (κ3) is 7.66. The summed E-state index contributed by atoms with van der Waals surface area (Å²) in [4.78, 5) is 14.1. The number of amides is 1. The van der Waals surface area contributed by atoms with Gasteiger partial charge in [-0.15, -0.1) is 24.8 Å². The first kappa shape index (κ1) is 20.9. The van der Waals surface area contributed by atoms with E-state index in [-0.39, 0.29) is 30.7 Å². The van der Waals surface area contributed by atoms with E-state index in [9.17, 15) is 4.79 Å². The van der Waals surface area contributed by atoms with Crippen LogP contribution in [0.4, 0.5) is 0 Å². The summed E-state index contributed by atoms with van der Waals surface area (Å²) in [6.45, 7) is 8.65. The van der Waals surface area contributed by atoms with Crippen LogP contribution in [0.15, 0.2) is 0 Å². The fraction of sp³-hybridized carbons (Fsp3) is 0.929. The van der Waals surface area contributed by atoms with Crippen molar-refractivity contribution in [1.29, 1.82) is 0 Å². The summed E-state index contributed by atoms with van der Waals surface area (Å²) in [5.74, 6) is 0.901. The van der Waals surface area contributed by atoms with E-state index in [2.05, 4.69) is 22.5 Å². The number of nitrogens with zero attached hydrogens (tertiary/aromatic N) is 1. The molecule has 5 nitrogen and oxygen atoms in total. The molecule has 7 heteroatoms. The van der Waals surface area contributed by atoms with Gasteiger partial charge in [0, 0.05) is 32.1 Å². The summed E-state index contributed by atoms with van der Waals surface area (Å²) >= 11 is 0. The molecule has 0 saturated carbocycles. The maximum absolute atomic E-state index is 11.7. The topological polar surface area (TPSA) is 53.6 Å². The molecule has 2 aliphatic rings. The van der Waals surface area contributed by atoms with Gasteiger partial charge in [0.05, 0.1) is 13.2 Å². The number of hydrogen-bond donors (Lipinski definition) is 2.